The molecule has 1 saturated heterocycles. The summed E-state index contributed by atoms with van der Waals surface area (Å²) in [4.78, 5) is 20.5. The lowest BCUT2D eigenvalue weighted by Crippen LogP contribution is -2.55. The molecule has 190 valence electrons. The zero-order valence-corrected chi connectivity index (χ0v) is 19.1. The summed E-state index contributed by atoms with van der Waals surface area (Å²) in [6.45, 7) is 0.661. The van der Waals surface area contributed by atoms with Crippen molar-refractivity contribution in [1.82, 2.24) is 28.9 Å². The van der Waals surface area contributed by atoms with Crippen LogP contribution in [-0.2, 0) is 4.79 Å². The molecule has 0 saturated carbocycles. The summed E-state index contributed by atoms with van der Waals surface area (Å²) in [6, 6.07) is 1.37. The van der Waals surface area contributed by atoms with Gasteiger partial charge in [0.2, 0.25) is 17.7 Å². The number of hydrogen-bond acceptors (Lipinski definition) is 6. The second-order valence-corrected chi connectivity index (χ2v) is 8.41. The molecule has 9 nitrogen and oxygen atoms in total. The molecule has 36 heavy (non-hydrogen) atoms. The molecule has 5 heterocycles. The van der Waals surface area contributed by atoms with Gasteiger partial charge in [-0.1, -0.05) is 0 Å². The summed E-state index contributed by atoms with van der Waals surface area (Å²) in [5.41, 5.74) is 0.157. The highest BCUT2D eigenvalue weighted by Crippen LogP contribution is 2.34. The van der Waals surface area contributed by atoms with E-state index in [1.54, 1.807) is 6.07 Å². The van der Waals surface area contributed by atoms with Gasteiger partial charge >= 0.3 is 0 Å². The monoisotopic (exact) mass is 509 g/mol. The fraction of sp³-hybridized carbons (Fsp3) is 0.364. The number of aromatic nitrogens is 5. The van der Waals surface area contributed by atoms with Crippen molar-refractivity contribution in [2.24, 2.45) is 0 Å². The van der Waals surface area contributed by atoms with Crippen molar-refractivity contribution in [2.75, 3.05) is 25.5 Å². The first kappa shape index (κ1) is 23.8. The van der Waals surface area contributed by atoms with Crippen LogP contribution in [0.15, 0.2) is 30.7 Å². The highest BCUT2D eigenvalue weighted by Gasteiger charge is 2.45. The van der Waals surface area contributed by atoms with Crippen molar-refractivity contribution in [1.29, 1.82) is 0 Å². The number of halogens is 5. The van der Waals surface area contributed by atoms with Crippen molar-refractivity contribution < 1.29 is 31.5 Å². The highest BCUT2D eigenvalue weighted by molar-refractivity contribution is 5.84. The number of nitrogens with zero attached hydrogens (tertiary/aromatic N) is 6. The van der Waals surface area contributed by atoms with E-state index >= 15 is 0 Å². The third-order valence-electron chi connectivity index (χ3n) is 6.14. The molecule has 1 atom stereocenters. The third-order valence-corrected chi connectivity index (χ3v) is 6.14. The molecule has 1 amide bonds. The van der Waals surface area contributed by atoms with E-state index < -0.39 is 42.4 Å². The van der Waals surface area contributed by atoms with Gasteiger partial charge in [0.05, 0.1) is 25.9 Å². The van der Waals surface area contributed by atoms with Crippen molar-refractivity contribution in [3.63, 3.8) is 0 Å². The first-order chi connectivity index (χ1) is 17.1. The van der Waals surface area contributed by atoms with Gasteiger partial charge in [-0.15, -0.1) is 5.10 Å². The third kappa shape index (κ3) is 3.95. The van der Waals surface area contributed by atoms with Crippen LogP contribution in [0.5, 0.6) is 5.88 Å². The largest absolute Gasteiger partial charge is 0.479 e. The Balaban J connectivity index is 1.52. The van der Waals surface area contributed by atoms with Crippen LogP contribution in [0.2, 0.25) is 0 Å². The maximum Gasteiger partial charge on any atom is 0.285 e. The van der Waals surface area contributed by atoms with Gasteiger partial charge in [0.1, 0.15) is 11.2 Å². The lowest BCUT2D eigenvalue weighted by molar-refractivity contribution is -0.140. The van der Waals surface area contributed by atoms with Crippen LogP contribution in [-0.4, -0.2) is 67.0 Å². The number of piperidine rings is 1. The van der Waals surface area contributed by atoms with E-state index in [0.29, 0.717) is 5.56 Å². The molecule has 1 N–H and O–H groups in total. The minimum absolute atomic E-state index is 0.00259. The maximum absolute atomic E-state index is 14.7. The van der Waals surface area contributed by atoms with Crippen molar-refractivity contribution in [2.45, 2.75) is 31.7 Å². The summed E-state index contributed by atoms with van der Waals surface area (Å²) in [7, 11) is 1.32. The molecule has 1 aliphatic rings. The Morgan fingerprint density at radius 2 is 2.11 bits per heavy atom. The van der Waals surface area contributed by atoms with Crippen LogP contribution in [0.3, 0.4) is 0 Å². The molecule has 4 aromatic heterocycles. The number of imidazole rings is 1. The van der Waals surface area contributed by atoms with E-state index in [0.717, 1.165) is 21.6 Å². The molecule has 0 aromatic carbocycles. The number of ether oxygens (including phenoxy) is 1. The second kappa shape index (κ2) is 8.60. The van der Waals surface area contributed by atoms with Gasteiger partial charge in [0.15, 0.2) is 11.5 Å². The maximum atomic E-state index is 14.7. The number of carbonyl (C=O) groups excluding carboxylic acids is 1. The number of hydrogen-bond donors (Lipinski definition) is 1. The normalized spacial score (nSPS) is 17.8. The number of pyridine rings is 1. The second-order valence-electron chi connectivity index (χ2n) is 8.41. The molecule has 1 aliphatic heterocycles. The average molecular weight is 509 g/mol. The first-order valence-electron chi connectivity index (χ1n) is 10.9. The Bertz CT molecular complexity index is 1470. The van der Waals surface area contributed by atoms with Crippen LogP contribution < -0.4 is 10.1 Å². The number of amides is 1. The van der Waals surface area contributed by atoms with E-state index in [4.69, 9.17) is 4.74 Å². The zero-order valence-electron chi connectivity index (χ0n) is 19.1. The molecule has 0 aliphatic carbocycles. The summed E-state index contributed by atoms with van der Waals surface area (Å²) >= 11 is 0. The quantitative estimate of drug-likeness (QED) is 0.412. The summed E-state index contributed by atoms with van der Waals surface area (Å²) in [5.74, 6) is -4.61. The Morgan fingerprint density at radius 1 is 1.33 bits per heavy atom. The van der Waals surface area contributed by atoms with Crippen LogP contribution in [0.1, 0.15) is 25.5 Å². The number of alkyl halides is 4. The zero-order chi connectivity index (χ0) is 25.8. The number of fused-ring (bicyclic) bond motifs is 2. The summed E-state index contributed by atoms with van der Waals surface area (Å²) < 4.78 is 78.4. The molecule has 0 spiro atoms. The lowest BCUT2D eigenvalue weighted by Gasteiger charge is -2.38. The van der Waals surface area contributed by atoms with Crippen molar-refractivity contribution in [3.8, 4) is 17.0 Å². The predicted octanol–water partition coefficient (Wildman–Crippen LogP) is 3.80. The minimum atomic E-state index is -3.22. The Kier molecular flexibility index (Phi) is 5.68. The predicted molar refractivity (Wildman–Crippen MR) is 118 cm³/mol. The van der Waals surface area contributed by atoms with Gasteiger partial charge in [-0.3, -0.25) is 9.20 Å². The highest BCUT2D eigenvalue weighted by atomic mass is 19.3. The first-order valence-corrected chi connectivity index (χ1v) is 10.9. The van der Waals surface area contributed by atoms with E-state index in [9.17, 15) is 26.7 Å². The van der Waals surface area contributed by atoms with Gasteiger partial charge in [-0.2, -0.15) is 4.98 Å². The Morgan fingerprint density at radius 3 is 2.78 bits per heavy atom. The number of likely N-dealkylation sites (tertiary alicyclic amines) is 1. The standard InChI is InChI=1S/C22H20F5N7O2/c1-11(35)32-5-4-16(22(26,27)10-32)29-21-30-20(36-2)17-13(3-6-34(17)31-21)12-7-14(23)19-28-8-15(18(24)25)33(19)9-12/h3,6-9,16,18H,4-5,10H2,1-2H3,(H,29,31)/t16-/m1/s1. The van der Waals surface area contributed by atoms with Gasteiger partial charge in [0.25, 0.3) is 12.3 Å². The summed E-state index contributed by atoms with van der Waals surface area (Å²) in [5, 5.41) is 6.86. The van der Waals surface area contributed by atoms with E-state index in [1.807, 2.05) is 0 Å². The average Bonchev–Trinajstić information content (AvgIpc) is 3.44. The van der Waals surface area contributed by atoms with Crippen LogP contribution in [0.25, 0.3) is 22.3 Å². The number of nitrogens with one attached hydrogen (secondary N) is 1. The number of methoxy groups -OCH3 is 1. The number of rotatable bonds is 5. The number of carbonyl (C=O) groups is 1. The van der Waals surface area contributed by atoms with E-state index in [2.05, 4.69) is 20.4 Å². The fourth-order valence-electron chi connectivity index (χ4n) is 4.34. The molecule has 1 fully saturated rings. The van der Waals surface area contributed by atoms with E-state index in [1.165, 1.54) is 30.9 Å². The summed E-state index contributed by atoms with van der Waals surface area (Å²) in [6.07, 6.45) is 0.817. The molecule has 0 unspecified atom stereocenters. The molecular formula is C22H20F5N7O2. The molecule has 14 heteroatoms. The Hall–Kier alpha value is -3.97. The van der Waals surface area contributed by atoms with Crippen LogP contribution in [0, 0.1) is 5.82 Å². The topological polar surface area (TPSA) is 89.1 Å². The fourth-order valence-corrected chi connectivity index (χ4v) is 4.34. The van der Waals surface area contributed by atoms with Crippen LogP contribution >= 0.6 is 0 Å². The smallest absolute Gasteiger partial charge is 0.285 e. The lowest BCUT2D eigenvalue weighted by atomic mass is 10.0. The molecule has 4 aromatic rings. The minimum Gasteiger partial charge on any atom is -0.479 e. The van der Waals surface area contributed by atoms with Crippen LogP contribution in [0.4, 0.5) is 27.9 Å². The molecule has 5 rings (SSSR count). The van der Waals surface area contributed by atoms with Gasteiger partial charge in [0, 0.05) is 37.0 Å². The molecule has 0 bridgehead atoms. The Labute approximate surface area is 200 Å². The van der Waals surface area contributed by atoms with Gasteiger partial charge in [-0.25, -0.2) is 31.5 Å². The molecular weight excluding hydrogens is 489 g/mol. The van der Waals surface area contributed by atoms with Gasteiger partial charge in [-0.05, 0) is 18.6 Å². The van der Waals surface area contributed by atoms with Crippen molar-refractivity contribution >= 4 is 23.0 Å². The van der Waals surface area contributed by atoms with Gasteiger partial charge < -0.3 is 15.0 Å². The van der Waals surface area contributed by atoms with Crippen molar-refractivity contribution in [3.05, 3.63) is 42.2 Å². The SMILES string of the molecule is COc1nc(N[C@@H]2CCN(C(C)=O)CC2(F)F)nn2ccc(-c3cc(F)c4ncc(C(F)F)n4c3)c12. The number of anilines is 1. The van der Waals surface area contributed by atoms with E-state index in [-0.39, 0.29) is 41.5 Å². The molecule has 0 radical (unpaired) electrons.